The predicted octanol–water partition coefficient (Wildman–Crippen LogP) is 3.97. The number of rotatable bonds is 2. The molecule has 2 N–H and O–H groups in total. The third-order valence-electron chi connectivity index (χ3n) is 4.59. The molecule has 1 unspecified atom stereocenters. The van der Waals surface area contributed by atoms with E-state index < -0.39 is 0 Å². The largest absolute Gasteiger partial charge is 0.439 e. The Bertz CT molecular complexity index is 966. The second kappa shape index (κ2) is 5.51. The zero-order chi connectivity index (χ0) is 15.9. The molecule has 0 spiro atoms. The fourth-order valence-corrected chi connectivity index (χ4v) is 4.28. The number of hydrogen-bond donors (Lipinski definition) is 1. The molecule has 1 aromatic carbocycles. The summed E-state index contributed by atoms with van der Waals surface area (Å²) in [6, 6.07) is 21.4. The lowest BCUT2D eigenvalue weighted by molar-refractivity contribution is -0.701. The van der Waals surface area contributed by atoms with E-state index in [1.807, 2.05) is 29.5 Å². The molecule has 118 valence electrons. The van der Waals surface area contributed by atoms with Crippen LogP contribution in [0.1, 0.15) is 22.2 Å². The molecule has 1 aliphatic rings. The van der Waals surface area contributed by atoms with Gasteiger partial charge in [0.05, 0.1) is 16.1 Å². The van der Waals surface area contributed by atoms with Crippen LogP contribution in [0.25, 0.3) is 17.2 Å². The highest BCUT2D eigenvalue weighted by molar-refractivity contribution is 7.10. The Morgan fingerprint density at radius 2 is 1.96 bits per heavy atom. The summed E-state index contributed by atoms with van der Waals surface area (Å²) in [7, 11) is 0. The van der Waals surface area contributed by atoms with Crippen LogP contribution in [0.5, 0.6) is 0 Å². The van der Waals surface area contributed by atoms with Crippen molar-refractivity contribution in [2.45, 2.75) is 12.6 Å². The highest BCUT2D eigenvalue weighted by Gasteiger charge is 2.29. The Kier molecular flexibility index (Phi) is 3.18. The Balaban J connectivity index is 1.63. The first-order valence-corrected chi connectivity index (χ1v) is 9.00. The van der Waals surface area contributed by atoms with E-state index in [2.05, 4.69) is 63.9 Å². The molecule has 3 aromatic heterocycles. The summed E-state index contributed by atoms with van der Waals surface area (Å²) < 4.78 is 8.47. The average molecular weight is 333 g/mol. The van der Waals surface area contributed by atoms with Gasteiger partial charge in [-0.2, -0.15) is 0 Å². The second-order valence-electron chi connectivity index (χ2n) is 6.04. The molecule has 0 amide bonds. The van der Waals surface area contributed by atoms with Crippen LogP contribution in [0.3, 0.4) is 0 Å². The molecule has 4 aromatic rings. The average Bonchev–Trinajstić information content (AvgIpc) is 3.36. The van der Waals surface area contributed by atoms with Crippen LogP contribution in [0.2, 0.25) is 0 Å². The third kappa shape index (κ3) is 2.15. The molecule has 3 nitrogen and oxygen atoms in total. The Morgan fingerprint density at radius 3 is 2.79 bits per heavy atom. The molecule has 1 atom stereocenters. The summed E-state index contributed by atoms with van der Waals surface area (Å²) in [5, 5.41) is 4.54. The smallest absolute Gasteiger partial charge is 0.213 e. The molecule has 0 saturated heterocycles. The molecule has 24 heavy (non-hydrogen) atoms. The Labute approximate surface area is 144 Å². The van der Waals surface area contributed by atoms with Crippen molar-refractivity contribution in [3.63, 3.8) is 0 Å². The maximum atomic E-state index is 6.27. The van der Waals surface area contributed by atoms with Crippen LogP contribution in [0.4, 0.5) is 0 Å². The molecule has 0 saturated carbocycles. The lowest BCUT2D eigenvalue weighted by Crippen LogP contribution is -2.83. The summed E-state index contributed by atoms with van der Waals surface area (Å²) in [6.45, 7) is 0.913. The van der Waals surface area contributed by atoms with Gasteiger partial charge in [0.25, 0.3) is 0 Å². The van der Waals surface area contributed by atoms with Gasteiger partial charge < -0.3 is 9.73 Å². The van der Waals surface area contributed by atoms with Crippen molar-refractivity contribution >= 4 is 11.3 Å². The van der Waals surface area contributed by atoms with Gasteiger partial charge in [-0.25, -0.2) is 0 Å². The van der Waals surface area contributed by atoms with E-state index in [-0.39, 0.29) is 0 Å². The SMILES string of the molecule is c1ccc(-c2cc3c(o2)-n2cccc2C(c2cccs2)[NH2+]C3)cc1. The number of quaternary nitrogens is 1. The summed E-state index contributed by atoms with van der Waals surface area (Å²) in [6.07, 6.45) is 2.10. The number of hydrogen-bond acceptors (Lipinski definition) is 2. The first-order valence-electron chi connectivity index (χ1n) is 8.12. The standard InChI is InChI=1S/C20H16N2OS/c1-2-6-14(7-3-1)17-12-15-13-21-19(18-9-5-11-24-18)16-8-4-10-22(16)20(15)23-17/h1-12,19,21H,13H2/p+1. The summed E-state index contributed by atoms with van der Waals surface area (Å²) in [4.78, 5) is 1.38. The van der Waals surface area contributed by atoms with Gasteiger partial charge in [-0.1, -0.05) is 36.4 Å². The Morgan fingerprint density at radius 1 is 1.04 bits per heavy atom. The van der Waals surface area contributed by atoms with Crippen LogP contribution in [0, 0.1) is 0 Å². The van der Waals surface area contributed by atoms with E-state index in [4.69, 9.17) is 4.42 Å². The number of benzene rings is 1. The quantitative estimate of drug-likeness (QED) is 0.592. The van der Waals surface area contributed by atoms with Gasteiger partial charge in [0, 0.05) is 11.8 Å². The molecule has 0 fully saturated rings. The van der Waals surface area contributed by atoms with Crippen molar-refractivity contribution < 1.29 is 9.73 Å². The van der Waals surface area contributed by atoms with Crippen molar-refractivity contribution in [2.24, 2.45) is 0 Å². The van der Waals surface area contributed by atoms with E-state index in [9.17, 15) is 0 Å². The third-order valence-corrected chi connectivity index (χ3v) is 5.54. The topological polar surface area (TPSA) is 34.7 Å². The Hall–Kier alpha value is -2.56. The number of aromatic nitrogens is 1. The number of nitrogens with two attached hydrogens (primary N) is 1. The normalized spacial score (nSPS) is 16.4. The van der Waals surface area contributed by atoms with Crippen molar-refractivity contribution in [2.75, 3.05) is 0 Å². The van der Waals surface area contributed by atoms with Crippen molar-refractivity contribution in [1.82, 2.24) is 4.57 Å². The van der Waals surface area contributed by atoms with Gasteiger partial charge in [0.15, 0.2) is 6.04 Å². The monoisotopic (exact) mass is 333 g/mol. The molecule has 4 heterocycles. The fraction of sp³-hybridized carbons (Fsp3) is 0.100. The van der Waals surface area contributed by atoms with Gasteiger partial charge in [-0.3, -0.25) is 4.57 Å². The van der Waals surface area contributed by atoms with Crippen LogP contribution in [-0.4, -0.2) is 4.57 Å². The van der Waals surface area contributed by atoms with Crippen LogP contribution in [0.15, 0.2) is 76.7 Å². The summed E-state index contributed by atoms with van der Waals surface area (Å²) in [5.41, 5.74) is 3.63. The minimum atomic E-state index is 0.322. The number of furan rings is 1. The molecule has 0 radical (unpaired) electrons. The van der Waals surface area contributed by atoms with Crippen molar-refractivity contribution in [3.05, 3.63) is 88.4 Å². The van der Waals surface area contributed by atoms with E-state index >= 15 is 0 Å². The van der Waals surface area contributed by atoms with E-state index in [0.717, 1.165) is 23.8 Å². The molecule has 4 heteroatoms. The summed E-state index contributed by atoms with van der Waals surface area (Å²) in [5.74, 6) is 1.88. The lowest BCUT2D eigenvalue weighted by Gasteiger charge is -2.12. The van der Waals surface area contributed by atoms with Crippen molar-refractivity contribution in [3.8, 4) is 17.2 Å². The van der Waals surface area contributed by atoms with Crippen LogP contribution in [-0.2, 0) is 6.54 Å². The predicted molar refractivity (Wildman–Crippen MR) is 95.3 cm³/mol. The molecule has 0 bridgehead atoms. The maximum Gasteiger partial charge on any atom is 0.213 e. The maximum absolute atomic E-state index is 6.27. The zero-order valence-corrected chi connectivity index (χ0v) is 13.9. The van der Waals surface area contributed by atoms with E-state index in [1.165, 1.54) is 16.1 Å². The molecular weight excluding hydrogens is 316 g/mol. The molecule has 0 aliphatic carbocycles. The highest BCUT2D eigenvalue weighted by Crippen LogP contribution is 2.33. The summed E-state index contributed by atoms with van der Waals surface area (Å²) >= 11 is 1.81. The number of fused-ring (bicyclic) bond motifs is 3. The molecule has 1 aliphatic heterocycles. The van der Waals surface area contributed by atoms with E-state index in [0.29, 0.717) is 6.04 Å². The van der Waals surface area contributed by atoms with Crippen LogP contribution < -0.4 is 5.32 Å². The van der Waals surface area contributed by atoms with Gasteiger partial charge in [-0.15, -0.1) is 11.3 Å². The van der Waals surface area contributed by atoms with E-state index in [1.54, 1.807) is 0 Å². The highest BCUT2D eigenvalue weighted by atomic mass is 32.1. The van der Waals surface area contributed by atoms with Gasteiger partial charge in [0.1, 0.15) is 12.3 Å². The second-order valence-corrected chi connectivity index (χ2v) is 7.02. The molecular formula is C20H17N2OS+. The fourth-order valence-electron chi connectivity index (χ4n) is 3.44. The van der Waals surface area contributed by atoms with Crippen LogP contribution >= 0.6 is 11.3 Å². The first-order chi connectivity index (χ1) is 11.9. The minimum absolute atomic E-state index is 0.322. The zero-order valence-electron chi connectivity index (χ0n) is 13.1. The number of thiophene rings is 1. The van der Waals surface area contributed by atoms with Crippen molar-refractivity contribution in [1.29, 1.82) is 0 Å². The number of nitrogens with zero attached hydrogens (tertiary/aromatic N) is 1. The van der Waals surface area contributed by atoms with Gasteiger partial charge in [0.2, 0.25) is 5.88 Å². The minimum Gasteiger partial charge on any atom is -0.439 e. The lowest BCUT2D eigenvalue weighted by atomic mass is 10.1. The van der Waals surface area contributed by atoms with Gasteiger partial charge >= 0.3 is 0 Å². The van der Waals surface area contributed by atoms with Gasteiger partial charge in [-0.05, 0) is 29.6 Å². The first kappa shape index (κ1) is 13.8. The molecule has 5 rings (SSSR count).